The lowest BCUT2D eigenvalue weighted by atomic mass is 10.0. The van der Waals surface area contributed by atoms with E-state index < -0.39 is 11.7 Å². The van der Waals surface area contributed by atoms with Gasteiger partial charge in [-0.25, -0.2) is 0 Å². The van der Waals surface area contributed by atoms with Crippen molar-refractivity contribution in [2.45, 2.75) is 25.1 Å². The second-order valence-electron chi connectivity index (χ2n) is 3.66. The van der Waals surface area contributed by atoms with Crippen LogP contribution in [0.2, 0.25) is 0 Å². The second kappa shape index (κ2) is 6.83. The molecule has 0 aliphatic carbocycles. The van der Waals surface area contributed by atoms with Crippen LogP contribution in [0.25, 0.3) is 0 Å². The first-order valence-electron chi connectivity index (χ1n) is 5.08. The molecule has 4 N–H and O–H groups in total. The summed E-state index contributed by atoms with van der Waals surface area (Å²) in [4.78, 5) is 0. The molecule has 0 bridgehead atoms. The van der Waals surface area contributed by atoms with Gasteiger partial charge in [0.15, 0.2) is 0 Å². The van der Waals surface area contributed by atoms with Crippen molar-refractivity contribution >= 4 is 12.4 Å². The van der Waals surface area contributed by atoms with Crippen molar-refractivity contribution in [2.24, 2.45) is 11.5 Å². The summed E-state index contributed by atoms with van der Waals surface area (Å²) in [6.07, 6.45) is -2.84. The zero-order chi connectivity index (χ0) is 12.2. The molecule has 2 nitrogen and oxygen atoms in total. The average Bonchev–Trinajstić information content (AvgIpc) is 2.25. The van der Waals surface area contributed by atoms with Crippen LogP contribution in [0, 0.1) is 0 Å². The molecular formula is C11H16ClF3N2. The van der Waals surface area contributed by atoms with Crippen molar-refractivity contribution in [1.29, 1.82) is 0 Å². The Morgan fingerprint density at radius 2 is 1.65 bits per heavy atom. The Bertz CT molecular complexity index is 324. The van der Waals surface area contributed by atoms with Crippen molar-refractivity contribution in [3.8, 4) is 0 Å². The van der Waals surface area contributed by atoms with Crippen LogP contribution in [0.4, 0.5) is 13.2 Å². The molecule has 0 aliphatic rings. The summed E-state index contributed by atoms with van der Waals surface area (Å²) in [6.45, 7) is 0.536. The maximum absolute atomic E-state index is 12.3. The van der Waals surface area contributed by atoms with Crippen molar-refractivity contribution in [2.75, 3.05) is 6.54 Å². The molecule has 98 valence electrons. The third-order valence-corrected chi connectivity index (χ3v) is 2.39. The monoisotopic (exact) mass is 268 g/mol. The van der Waals surface area contributed by atoms with E-state index in [1.807, 2.05) is 0 Å². The maximum atomic E-state index is 12.3. The Hall–Kier alpha value is -0.780. The van der Waals surface area contributed by atoms with Gasteiger partial charge >= 0.3 is 6.18 Å². The third-order valence-electron chi connectivity index (χ3n) is 2.39. The molecule has 1 rings (SSSR count). The number of hydrogen-bond acceptors (Lipinski definition) is 2. The molecule has 1 aromatic carbocycles. The minimum Gasteiger partial charge on any atom is -0.330 e. The van der Waals surface area contributed by atoms with Crippen molar-refractivity contribution in [3.63, 3.8) is 0 Å². The third kappa shape index (κ3) is 4.93. The number of benzene rings is 1. The molecular weight excluding hydrogens is 253 g/mol. The SMILES string of the molecule is Cl.NCCC[C@H](N)c1ccc(C(F)(F)F)cc1. The normalized spacial score (nSPS) is 13.0. The van der Waals surface area contributed by atoms with Crippen LogP contribution in [-0.4, -0.2) is 6.54 Å². The van der Waals surface area contributed by atoms with Crippen LogP contribution in [-0.2, 0) is 6.18 Å². The Labute approximate surface area is 105 Å². The summed E-state index contributed by atoms with van der Waals surface area (Å²) in [5, 5.41) is 0. The molecule has 0 amide bonds. The van der Waals surface area contributed by atoms with E-state index in [0.717, 1.165) is 18.6 Å². The van der Waals surface area contributed by atoms with Gasteiger partial charge in [-0.15, -0.1) is 12.4 Å². The van der Waals surface area contributed by atoms with E-state index in [1.165, 1.54) is 12.1 Å². The van der Waals surface area contributed by atoms with Gasteiger partial charge in [0.2, 0.25) is 0 Å². The predicted molar refractivity (Wildman–Crippen MR) is 63.9 cm³/mol. The first-order chi connectivity index (χ1) is 7.45. The first-order valence-corrected chi connectivity index (χ1v) is 5.08. The summed E-state index contributed by atoms with van der Waals surface area (Å²) in [5.74, 6) is 0. The molecule has 0 spiro atoms. The van der Waals surface area contributed by atoms with Crippen LogP contribution in [0.3, 0.4) is 0 Å². The van der Waals surface area contributed by atoms with Gasteiger partial charge < -0.3 is 11.5 Å². The van der Waals surface area contributed by atoms with Gasteiger partial charge in [0.05, 0.1) is 5.56 Å². The molecule has 0 saturated heterocycles. The van der Waals surface area contributed by atoms with Crippen molar-refractivity contribution < 1.29 is 13.2 Å². The number of nitrogens with two attached hydrogens (primary N) is 2. The minimum atomic E-state index is -4.29. The molecule has 0 radical (unpaired) electrons. The van der Waals surface area contributed by atoms with Crippen LogP contribution in [0.5, 0.6) is 0 Å². The van der Waals surface area contributed by atoms with Crippen LogP contribution in [0.15, 0.2) is 24.3 Å². The Morgan fingerprint density at radius 1 is 1.12 bits per heavy atom. The lowest BCUT2D eigenvalue weighted by Gasteiger charge is -2.13. The molecule has 17 heavy (non-hydrogen) atoms. The number of alkyl halides is 3. The van der Waals surface area contributed by atoms with Crippen molar-refractivity contribution in [1.82, 2.24) is 0 Å². The van der Waals surface area contributed by atoms with E-state index in [-0.39, 0.29) is 18.4 Å². The summed E-state index contributed by atoms with van der Waals surface area (Å²) in [5.41, 5.74) is 11.2. The molecule has 0 fully saturated rings. The summed E-state index contributed by atoms with van der Waals surface area (Å²) in [6, 6.07) is 4.70. The number of rotatable bonds is 4. The highest BCUT2D eigenvalue weighted by atomic mass is 35.5. The van der Waals surface area contributed by atoms with Gasteiger partial charge in [-0.3, -0.25) is 0 Å². The number of hydrogen-bond donors (Lipinski definition) is 2. The Morgan fingerprint density at radius 3 is 2.06 bits per heavy atom. The standard InChI is InChI=1S/C11H15F3N2.ClH/c12-11(13,14)9-5-3-8(4-6-9)10(16)2-1-7-15;/h3-6,10H,1-2,7,15-16H2;1H/t10-;/m0./s1. The van der Waals surface area contributed by atoms with Crippen LogP contribution >= 0.6 is 12.4 Å². The summed E-state index contributed by atoms with van der Waals surface area (Å²) >= 11 is 0. The topological polar surface area (TPSA) is 52.0 Å². The molecule has 0 unspecified atom stereocenters. The lowest BCUT2D eigenvalue weighted by molar-refractivity contribution is -0.137. The van der Waals surface area contributed by atoms with Gasteiger partial charge in [0, 0.05) is 6.04 Å². The highest BCUT2D eigenvalue weighted by molar-refractivity contribution is 5.85. The molecule has 6 heteroatoms. The fourth-order valence-corrected chi connectivity index (χ4v) is 1.42. The lowest BCUT2D eigenvalue weighted by Crippen LogP contribution is -2.13. The van der Waals surface area contributed by atoms with Gasteiger partial charge in [0.1, 0.15) is 0 Å². The van der Waals surface area contributed by atoms with E-state index >= 15 is 0 Å². The first kappa shape index (κ1) is 16.2. The quantitative estimate of drug-likeness (QED) is 0.882. The minimum absolute atomic E-state index is 0. The van der Waals surface area contributed by atoms with E-state index in [4.69, 9.17) is 11.5 Å². The second-order valence-corrected chi connectivity index (χ2v) is 3.66. The average molecular weight is 269 g/mol. The smallest absolute Gasteiger partial charge is 0.330 e. The molecule has 0 saturated carbocycles. The fraction of sp³-hybridized carbons (Fsp3) is 0.455. The molecule has 0 aromatic heterocycles. The summed E-state index contributed by atoms with van der Waals surface area (Å²) in [7, 11) is 0. The highest BCUT2D eigenvalue weighted by Crippen LogP contribution is 2.30. The van der Waals surface area contributed by atoms with Crippen molar-refractivity contribution in [3.05, 3.63) is 35.4 Å². The molecule has 0 heterocycles. The van der Waals surface area contributed by atoms with E-state index in [1.54, 1.807) is 0 Å². The van der Waals surface area contributed by atoms with Gasteiger partial charge in [-0.1, -0.05) is 12.1 Å². The van der Waals surface area contributed by atoms with E-state index in [2.05, 4.69) is 0 Å². The van der Waals surface area contributed by atoms with Gasteiger partial charge in [-0.05, 0) is 37.1 Å². The van der Waals surface area contributed by atoms with Crippen LogP contribution in [0.1, 0.15) is 30.0 Å². The fourth-order valence-electron chi connectivity index (χ4n) is 1.42. The molecule has 0 aliphatic heterocycles. The van der Waals surface area contributed by atoms with Gasteiger partial charge in [0.25, 0.3) is 0 Å². The largest absolute Gasteiger partial charge is 0.416 e. The Balaban J connectivity index is 0.00000256. The maximum Gasteiger partial charge on any atom is 0.416 e. The van der Waals surface area contributed by atoms with Gasteiger partial charge in [-0.2, -0.15) is 13.2 Å². The van der Waals surface area contributed by atoms with Crippen LogP contribution < -0.4 is 11.5 Å². The zero-order valence-electron chi connectivity index (χ0n) is 9.20. The zero-order valence-corrected chi connectivity index (χ0v) is 10.0. The molecule has 1 aromatic rings. The molecule has 1 atom stereocenters. The van der Waals surface area contributed by atoms with E-state index in [0.29, 0.717) is 18.5 Å². The Kier molecular flexibility index (Phi) is 6.52. The van der Waals surface area contributed by atoms with E-state index in [9.17, 15) is 13.2 Å². The summed E-state index contributed by atoms with van der Waals surface area (Å²) < 4.78 is 36.8. The number of halogens is 4. The predicted octanol–water partition coefficient (Wildman–Crippen LogP) is 2.87. The highest BCUT2D eigenvalue weighted by Gasteiger charge is 2.30.